The number of fused-ring (bicyclic) bond motifs is 19. The Morgan fingerprint density at radius 3 is 2.43 bits per heavy atom. The molecule has 2 atom stereocenters. The largest absolute Gasteiger partial charge is 0.307 e. The van der Waals surface area contributed by atoms with Crippen molar-refractivity contribution in [3.63, 3.8) is 0 Å². The van der Waals surface area contributed by atoms with Crippen molar-refractivity contribution in [1.82, 2.24) is 4.40 Å². The molecule has 0 aliphatic carbocycles. The topological polar surface area (TPSA) is 12.2 Å². The highest BCUT2D eigenvalue weighted by molar-refractivity contribution is 7.26. The summed E-state index contributed by atoms with van der Waals surface area (Å²) in [7, 11) is 0. The fourth-order valence-corrected chi connectivity index (χ4v) is 11.0. The van der Waals surface area contributed by atoms with E-state index in [-0.39, 0.29) is 12.0 Å². The summed E-state index contributed by atoms with van der Waals surface area (Å²) in [4.78, 5) is 0. The van der Waals surface area contributed by atoms with Crippen LogP contribution in [0.5, 0.6) is 0 Å². The van der Waals surface area contributed by atoms with Crippen molar-refractivity contribution >= 4 is 75.3 Å². The quantitative estimate of drug-likeness (QED) is 0.142. The van der Waals surface area contributed by atoms with Crippen LogP contribution in [-0.2, 0) is 6.42 Å². The molecule has 2 unspecified atom stereocenters. The van der Waals surface area contributed by atoms with Gasteiger partial charge in [-0.2, -0.15) is 9.13 Å². The second-order valence-corrected chi connectivity index (χ2v) is 15.7. The van der Waals surface area contributed by atoms with Gasteiger partial charge in [0.1, 0.15) is 0 Å². The van der Waals surface area contributed by atoms with E-state index in [9.17, 15) is 0 Å². The number of nitrogens with zero attached hydrogens (tertiary/aromatic N) is 3. The summed E-state index contributed by atoms with van der Waals surface area (Å²) in [6.07, 6.45) is 6.59. The van der Waals surface area contributed by atoms with Crippen molar-refractivity contribution in [2.24, 2.45) is 0 Å². The number of hydrogen-bond donors (Lipinski definition) is 0. The van der Waals surface area contributed by atoms with Gasteiger partial charge in [0.05, 0.1) is 28.0 Å². The van der Waals surface area contributed by atoms with Crippen LogP contribution in [0.1, 0.15) is 35.1 Å². The molecular formula is C47H33N3S+2. The molecule has 51 heavy (non-hydrogen) atoms. The van der Waals surface area contributed by atoms with Crippen molar-refractivity contribution in [2.75, 3.05) is 0 Å². The molecule has 12 rings (SSSR count). The SMILES string of the molecule is C=C1C2C(CCc3ccccc3-c3cccc[n+]31)c1cc3c(cc1-c1ccc(C)c[n+]12)c1cccc2c4ccc5sc6ccccc6c5c4n3c12. The van der Waals surface area contributed by atoms with Crippen LogP contribution in [0.3, 0.4) is 0 Å². The molecule has 240 valence electrons. The molecule has 5 aromatic carbocycles. The maximum Gasteiger partial charge on any atom is 0.249 e. The number of allylic oxidation sites excluding steroid dienone is 1. The van der Waals surface area contributed by atoms with Crippen LogP contribution in [-0.4, -0.2) is 4.40 Å². The van der Waals surface area contributed by atoms with Crippen LogP contribution >= 0.6 is 11.3 Å². The first kappa shape index (κ1) is 27.9. The lowest BCUT2D eigenvalue weighted by atomic mass is 9.78. The Labute approximate surface area is 298 Å². The van der Waals surface area contributed by atoms with Gasteiger partial charge in [-0.15, -0.1) is 11.3 Å². The molecule has 2 aliphatic heterocycles. The summed E-state index contributed by atoms with van der Waals surface area (Å²) in [6, 6.07) is 45.8. The Morgan fingerprint density at radius 2 is 1.49 bits per heavy atom. The zero-order chi connectivity index (χ0) is 33.5. The van der Waals surface area contributed by atoms with Gasteiger partial charge < -0.3 is 4.40 Å². The van der Waals surface area contributed by atoms with Crippen molar-refractivity contribution < 1.29 is 9.13 Å². The minimum Gasteiger partial charge on any atom is -0.307 e. The predicted molar refractivity (Wildman–Crippen MR) is 212 cm³/mol. The smallest absolute Gasteiger partial charge is 0.249 e. The van der Waals surface area contributed by atoms with Crippen molar-refractivity contribution in [3.05, 3.63) is 157 Å². The lowest BCUT2D eigenvalue weighted by Gasteiger charge is -2.29. The second-order valence-electron chi connectivity index (χ2n) is 14.6. The average molecular weight is 672 g/mol. The van der Waals surface area contributed by atoms with Gasteiger partial charge in [0.2, 0.25) is 23.1 Å². The minimum atomic E-state index is 0.0589. The lowest BCUT2D eigenvalue weighted by molar-refractivity contribution is -0.727. The first-order chi connectivity index (χ1) is 25.1. The molecule has 0 bridgehead atoms. The van der Waals surface area contributed by atoms with E-state index in [1.807, 2.05) is 11.3 Å². The third-order valence-electron chi connectivity index (χ3n) is 12.0. The van der Waals surface area contributed by atoms with E-state index in [0.717, 1.165) is 18.5 Å². The van der Waals surface area contributed by atoms with Crippen molar-refractivity contribution in [3.8, 4) is 22.5 Å². The number of benzene rings is 5. The average Bonchev–Trinajstić information content (AvgIpc) is 3.83. The first-order valence-electron chi connectivity index (χ1n) is 18.0. The fraction of sp³-hybridized carbons (Fsp3) is 0.106. The number of para-hydroxylation sites is 1. The molecular weight excluding hydrogens is 639 g/mol. The van der Waals surface area contributed by atoms with Crippen LogP contribution in [0.4, 0.5) is 0 Å². The molecule has 3 nitrogen and oxygen atoms in total. The minimum absolute atomic E-state index is 0.0589. The highest BCUT2D eigenvalue weighted by atomic mass is 32.1. The summed E-state index contributed by atoms with van der Waals surface area (Å²) in [5, 5.41) is 8.03. The highest BCUT2D eigenvalue weighted by Crippen LogP contribution is 2.50. The lowest BCUT2D eigenvalue weighted by Crippen LogP contribution is -2.53. The molecule has 0 saturated carbocycles. The van der Waals surface area contributed by atoms with Gasteiger partial charge in [-0.3, -0.25) is 0 Å². The zero-order valence-corrected chi connectivity index (χ0v) is 29.0. The molecule has 0 N–H and O–H groups in total. The Bertz CT molecular complexity index is 3140. The molecule has 0 saturated heterocycles. The van der Waals surface area contributed by atoms with Gasteiger partial charge in [0.25, 0.3) is 0 Å². The number of rotatable bonds is 0. The Morgan fingerprint density at radius 1 is 0.686 bits per heavy atom. The van der Waals surface area contributed by atoms with E-state index in [2.05, 4.69) is 154 Å². The first-order valence-corrected chi connectivity index (χ1v) is 18.8. The standard InChI is InChI=1S/C47H33N3S/c1-27-17-21-40-38-24-37-32-14-9-13-31-33-20-22-43-44(35-12-5-6-16-42(35)51-43)47(33)50(46(31)32)41(37)25-36(38)34-19-18-29-10-3-4-11-30(29)39-15-7-8-23-48(39)28(2)45(34)49(40)26-27/h3-17,20-26,34,45H,2,18-19H2,1H3/q+2. The molecule has 0 fully saturated rings. The van der Waals surface area contributed by atoms with Crippen LogP contribution in [0.2, 0.25) is 0 Å². The number of aryl methyl sites for hydroxylation is 2. The summed E-state index contributed by atoms with van der Waals surface area (Å²) in [5.41, 5.74) is 14.3. The van der Waals surface area contributed by atoms with Crippen molar-refractivity contribution in [1.29, 1.82) is 0 Å². The van der Waals surface area contributed by atoms with E-state index in [0.29, 0.717) is 0 Å². The molecule has 4 heteroatoms. The molecule has 7 heterocycles. The zero-order valence-electron chi connectivity index (χ0n) is 28.2. The second kappa shape index (κ2) is 9.90. The molecule has 0 spiro atoms. The van der Waals surface area contributed by atoms with E-state index >= 15 is 0 Å². The van der Waals surface area contributed by atoms with Crippen LogP contribution in [0, 0.1) is 6.92 Å². The maximum absolute atomic E-state index is 4.92. The summed E-state index contributed by atoms with van der Waals surface area (Å²) in [6.45, 7) is 7.13. The number of thiophene rings is 1. The van der Waals surface area contributed by atoms with Gasteiger partial charge in [-0.05, 0) is 79.9 Å². The van der Waals surface area contributed by atoms with E-state index in [1.165, 1.54) is 97.5 Å². The maximum atomic E-state index is 4.92. The summed E-state index contributed by atoms with van der Waals surface area (Å²) >= 11 is 1.90. The number of aromatic nitrogens is 3. The van der Waals surface area contributed by atoms with E-state index in [4.69, 9.17) is 6.58 Å². The third kappa shape index (κ3) is 3.58. The van der Waals surface area contributed by atoms with E-state index in [1.54, 1.807) is 0 Å². The molecule has 0 amide bonds. The van der Waals surface area contributed by atoms with Gasteiger partial charge >= 0.3 is 0 Å². The molecule has 10 aromatic rings. The van der Waals surface area contributed by atoms with Gasteiger partial charge in [0, 0.05) is 71.0 Å². The van der Waals surface area contributed by atoms with Crippen LogP contribution < -0.4 is 9.13 Å². The molecule has 0 radical (unpaired) electrons. The predicted octanol–water partition coefficient (Wildman–Crippen LogP) is 11.2. The molecule has 5 aromatic heterocycles. The molecule has 2 aliphatic rings. The summed E-state index contributed by atoms with van der Waals surface area (Å²) in [5.74, 6) is 0.229. The fourth-order valence-electron chi connectivity index (χ4n) is 9.87. The van der Waals surface area contributed by atoms with Crippen molar-refractivity contribution in [2.45, 2.75) is 31.7 Å². The number of pyridine rings is 2. The van der Waals surface area contributed by atoms with Gasteiger partial charge in [-0.1, -0.05) is 60.7 Å². The third-order valence-corrected chi connectivity index (χ3v) is 13.1. The Kier molecular flexibility index (Phi) is 5.42. The van der Waals surface area contributed by atoms with Gasteiger partial charge in [0.15, 0.2) is 12.4 Å². The highest BCUT2D eigenvalue weighted by Gasteiger charge is 2.47. The normalized spacial score (nSPS) is 17.0. The Balaban J connectivity index is 1.22. The van der Waals surface area contributed by atoms with E-state index < -0.39 is 0 Å². The van der Waals surface area contributed by atoms with Crippen LogP contribution in [0.15, 0.2) is 140 Å². The summed E-state index contributed by atoms with van der Waals surface area (Å²) < 4.78 is 10.2. The number of hydrogen-bond acceptors (Lipinski definition) is 1. The monoisotopic (exact) mass is 671 g/mol. The Hall–Kier alpha value is -5.84. The van der Waals surface area contributed by atoms with Gasteiger partial charge in [-0.25, -0.2) is 0 Å². The van der Waals surface area contributed by atoms with Crippen LogP contribution in [0.25, 0.3) is 86.5 Å².